The maximum atomic E-state index is 15.6. The number of amides is 11. The van der Waals surface area contributed by atoms with Crippen LogP contribution >= 0.6 is 0 Å². The lowest BCUT2D eigenvalue weighted by Crippen LogP contribution is -2.65. The quantitative estimate of drug-likeness (QED) is 0.120. The van der Waals surface area contributed by atoms with Gasteiger partial charge in [-0.2, -0.15) is 0 Å². The number of hydrogen-bond acceptors (Lipinski definition) is 16. The van der Waals surface area contributed by atoms with Crippen LogP contribution in [-0.2, 0) is 64.0 Å². The average molecular weight is 1300 g/mol. The van der Waals surface area contributed by atoms with Crippen LogP contribution in [0.25, 0.3) is 0 Å². The van der Waals surface area contributed by atoms with Crippen LogP contribution in [0.5, 0.6) is 0 Å². The van der Waals surface area contributed by atoms with Crippen molar-refractivity contribution < 1.29 is 62.6 Å². The second-order valence-corrected chi connectivity index (χ2v) is 26.9. The average Bonchev–Trinajstić information content (AvgIpc) is 0.827. The van der Waals surface area contributed by atoms with Crippen LogP contribution in [-0.4, -0.2) is 271 Å². The third-order valence-electron chi connectivity index (χ3n) is 17.9. The van der Waals surface area contributed by atoms with Crippen molar-refractivity contribution in [2.75, 3.05) is 62.5 Å². The maximum Gasteiger partial charge on any atom is 0.246 e. The van der Waals surface area contributed by atoms with E-state index in [1.807, 2.05) is 27.7 Å². The highest BCUT2D eigenvalue weighted by atomic mass is 16.5. The molecule has 0 aliphatic carbocycles. The zero-order chi connectivity index (χ0) is 70.1. The lowest BCUT2D eigenvalue weighted by atomic mass is 9.91. The number of aliphatic hydroxyl groups excluding tert-OH is 1. The summed E-state index contributed by atoms with van der Waals surface area (Å²) in [7, 11) is 9.74. The molecule has 2 bridgehead atoms. The first kappa shape index (κ1) is 79.1. The molecule has 0 saturated carbocycles. The van der Waals surface area contributed by atoms with E-state index >= 15 is 14.4 Å². The Labute approximate surface area is 545 Å². The van der Waals surface area contributed by atoms with E-state index < -0.39 is 168 Å². The zero-order valence-corrected chi connectivity index (χ0v) is 58.9. The van der Waals surface area contributed by atoms with E-state index in [9.17, 15) is 43.5 Å². The summed E-state index contributed by atoms with van der Waals surface area (Å²) in [5.41, 5.74) is 0. The number of likely N-dealkylation sites (N-methyl/N-ethyl adjacent to an activating group) is 7. The molecule has 11 amide bonds. The lowest BCUT2D eigenvalue weighted by Gasteiger charge is -2.45. The predicted octanol–water partition coefficient (Wildman–Crippen LogP) is 1.55. The van der Waals surface area contributed by atoms with Gasteiger partial charge in [0.15, 0.2) is 0 Å². The minimum Gasteiger partial charge on any atom is -0.390 e. The lowest BCUT2D eigenvalue weighted by molar-refractivity contribution is -0.161. The number of nitrogens with zero attached hydrogens (tertiary/aromatic N) is 12. The molecular weight excluding hydrogens is 1190 g/mol. The van der Waals surface area contributed by atoms with Gasteiger partial charge in [-0.05, 0) is 120 Å². The third kappa shape index (κ3) is 20.2. The molecule has 3 heterocycles. The van der Waals surface area contributed by atoms with Gasteiger partial charge >= 0.3 is 0 Å². The molecule has 28 heteroatoms. The van der Waals surface area contributed by atoms with Crippen LogP contribution < -0.4 is 16.0 Å². The van der Waals surface area contributed by atoms with Gasteiger partial charge in [-0.15, -0.1) is 5.10 Å². The standard InChI is InChI=1S/C64H111N15O13/c1-23-25-28-40(11)54(81)53-57(84)67-45(24-2)60(87)71(16)34-49(80)75(20)52(44(15)92-30-27-26-29-78-35-65-69-70-78)56(83)68-50(38(7)8)63(90)72(17)46(31-36(3)4)55(82)66-42(13)58(85)79-41(12)33-48(62(89)76(21)51(39(9)10)64(91)77(53)22)74(19)61(88)47(32-37(5)6)73(18)59(86)43(79)14/h23,25,35-48,50-54,81H,24,26-34H2,1-22H3,(H,66,82)(H,67,84)(H,68,83)/b25-23+/t40-,41?,42+,43-,44-,45+,46+,47+,48+,50+,51+,52+,53-,54-/m1/s1. The minimum absolute atomic E-state index is 0.0176. The molecule has 0 spiro atoms. The molecular formula is C64H111N15O13. The number of tetrazole rings is 1. The number of aliphatic hydroxyl groups is 1. The molecule has 2 aliphatic heterocycles. The summed E-state index contributed by atoms with van der Waals surface area (Å²) in [6.45, 7) is 25.5. The number of aryl methyl sites for hydroxylation is 1. The molecule has 4 N–H and O–H groups in total. The topological polar surface area (TPSA) is 323 Å². The van der Waals surface area contributed by atoms with Crippen molar-refractivity contribution in [3.05, 3.63) is 18.5 Å². The molecule has 28 nitrogen and oxygen atoms in total. The summed E-state index contributed by atoms with van der Waals surface area (Å²) in [5, 5.41) is 31.8. The predicted molar refractivity (Wildman–Crippen MR) is 345 cm³/mol. The monoisotopic (exact) mass is 1300 g/mol. The Morgan fingerprint density at radius 3 is 1.74 bits per heavy atom. The summed E-state index contributed by atoms with van der Waals surface area (Å²) in [6.07, 6.45) is 3.82. The molecule has 2 saturated heterocycles. The molecule has 1 aromatic heterocycles. The summed E-state index contributed by atoms with van der Waals surface area (Å²) in [6, 6.07) is -14.4. The van der Waals surface area contributed by atoms with E-state index in [-0.39, 0.29) is 50.5 Å². The summed E-state index contributed by atoms with van der Waals surface area (Å²) < 4.78 is 7.79. The highest BCUT2D eigenvalue weighted by Crippen LogP contribution is 2.28. The number of unbranched alkanes of at least 4 members (excludes halogenated alkanes) is 1. The Bertz CT molecular complexity index is 2710. The number of aromatic nitrogens is 4. The Hall–Kier alpha value is -7.10. The molecule has 520 valence electrons. The van der Waals surface area contributed by atoms with Gasteiger partial charge in [-0.25, -0.2) is 4.68 Å². The van der Waals surface area contributed by atoms with Crippen molar-refractivity contribution in [2.45, 2.75) is 234 Å². The van der Waals surface area contributed by atoms with Crippen molar-refractivity contribution in [1.29, 1.82) is 0 Å². The molecule has 1 unspecified atom stereocenters. The van der Waals surface area contributed by atoms with E-state index in [4.69, 9.17) is 4.74 Å². The van der Waals surface area contributed by atoms with E-state index in [0.29, 0.717) is 19.4 Å². The largest absolute Gasteiger partial charge is 0.390 e. The minimum atomic E-state index is -1.67. The van der Waals surface area contributed by atoms with E-state index in [1.54, 1.807) is 79.1 Å². The molecule has 14 atom stereocenters. The summed E-state index contributed by atoms with van der Waals surface area (Å²) >= 11 is 0. The van der Waals surface area contributed by atoms with Crippen LogP contribution in [0.4, 0.5) is 0 Å². The fraction of sp³-hybridized carbons (Fsp3) is 0.781. The van der Waals surface area contributed by atoms with Gasteiger partial charge in [0.2, 0.25) is 65.0 Å². The normalized spacial score (nSPS) is 27.4. The fourth-order valence-corrected chi connectivity index (χ4v) is 12.2. The number of hydrogen-bond donors (Lipinski definition) is 4. The smallest absolute Gasteiger partial charge is 0.246 e. The Balaban J connectivity index is 2.40. The number of carbonyl (C=O) groups excluding carboxylic acids is 11. The summed E-state index contributed by atoms with van der Waals surface area (Å²) in [4.78, 5) is 174. The fourth-order valence-electron chi connectivity index (χ4n) is 12.2. The van der Waals surface area contributed by atoms with Gasteiger partial charge in [0.05, 0.1) is 18.8 Å². The van der Waals surface area contributed by atoms with E-state index in [1.165, 1.54) is 94.0 Å². The maximum absolute atomic E-state index is 15.6. The van der Waals surface area contributed by atoms with Crippen molar-refractivity contribution in [3.63, 3.8) is 0 Å². The molecule has 3 rings (SSSR count). The Kier molecular flexibility index (Phi) is 30.8. The van der Waals surface area contributed by atoms with Crippen molar-refractivity contribution in [3.8, 4) is 0 Å². The Morgan fingerprint density at radius 1 is 0.620 bits per heavy atom. The van der Waals surface area contributed by atoms with Crippen LogP contribution in [0.15, 0.2) is 18.5 Å². The highest BCUT2D eigenvalue weighted by molar-refractivity contribution is 6.00. The van der Waals surface area contributed by atoms with Gasteiger partial charge in [0.1, 0.15) is 66.7 Å². The molecule has 0 radical (unpaired) electrons. The zero-order valence-electron chi connectivity index (χ0n) is 58.9. The third-order valence-corrected chi connectivity index (χ3v) is 17.9. The van der Waals surface area contributed by atoms with Crippen LogP contribution in [0.3, 0.4) is 0 Å². The second kappa shape index (κ2) is 35.8. The molecule has 0 aromatic carbocycles. The SMILES string of the molecule is C/C=C/C[C@@H](C)[C@@H](O)[C@@H]1C(=O)N[C@@H](CC)C(=O)N(C)CC(=O)N(C)[C@@H]([C@@H](C)OCCCCn2cnnn2)C(=O)N[C@@H](C(C)C)C(=O)N(C)[C@@H](CC(C)C)C(=O)N[C@@H](C)C(=O)N2C(C)C[C@@H](C(=O)N(C)[C@@H](C(C)C)C(=O)N1C)N(C)C(=O)[C@H](CC(C)C)N(C)C(=O)[C@H]2C. The second-order valence-electron chi connectivity index (χ2n) is 26.9. The first-order valence-corrected chi connectivity index (χ1v) is 32.6. The first-order chi connectivity index (χ1) is 42.9. The summed E-state index contributed by atoms with van der Waals surface area (Å²) in [5.74, 6) is -10.2. The van der Waals surface area contributed by atoms with Crippen LogP contribution in [0.2, 0.25) is 0 Å². The van der Waals surface area contributed by atoms with Gasteiger partial charge in [0.25, 0.3) is 0 Å². The van der Waals surface area contributed by atoms with Crippen molar-refractivity contribution in [2.24, 2.45) is 29.6 Å². The van der Waals surface area contributed by atoms with Gasteiger partial charge < -0.3 is 65.0 Å². The van der Waals surface area contributed by atoms with Gasteiger partial charge in [-0.3, -0.25) is 52.7 Å². The molecule has 92 heavy (non-hydrogen) atoms. The van der Waals surface area contributed by atoms with E-state index in [0.717, 1.165) is 14.7 Å². The number of rotatable bonds is 18. The number of ether oxygens (including phenoxy) is 1. The molecule has 2 aliphatic rings. The first-order valence-electron chi connectivity index (χ1n) is 32.6. The number of nitrogens with one attached hydrogen (secondary N) is 3. The number of fused-ring (bicyclic) bond motifs is 3. The van der Waals surface area contributed by atoms with Crippen LogP contribution in [0.1, 0.15) is 149 Å². The van der Waals surface area contributed by atoms with Crippen LogP contribution in [0, 0.1) is 29.6 Å². The molecule has 2 fully saturated rings. The van der Waals surface area contributed by atoms with E-state index in [2.05, 4.69) is 31.5 Å². The van der Waals surface area contributed by atoms with Crippen molar-refractivity contribution >= 4 is 65.0 Å². The number of allylic oxidation sites excluding steroid dienone is 2. The Morgan fingerprint density at radius 2 is 1.20 bits per heavy atom. The number of carbonyl (C=O) groups is 11. The highest BCUT2D eigenvalue weighted by Gasteiger charge is 2.48. The van der Waals surface area contributed by atoms with Crippen molar-refractivity contribution in [1.82, 2.24) is 75.4 Å². The molecule has 1 aromatic rings. The van der Waals surface area contributed by atoms with Gasteiger partial charge in [0, 0.05) is 68.5 Å². The van der Waals surface area contributed by atoms with Gasteiger partial charge in [-0.1, -0.05) is 81.4 Å².